The first-order valence-electron chi connectivity index (χ1n) is 6.97. The van der Waals surface area contributed by atoms with Crippen LogP contribution in [0, 0.1) is 11.2 Å². The van der Waals surface area contributed by atoms with E-state index in [-0.39, 0.29) is 11.7 Å². The zero-order chi connectivity index (χ0) is 14.4. The molecular formula is C15H21FN2O2. The molecule has 1 aliphatic rings. The fraction of sp³-hybridized carbons (Fsp3) is 0.533. The minimum atomic E-state index is -0.485. The number of nitrogens with two attached hydrogens (primary N) is 1. The van der Waals surface area contributed by atoms with E-state index in [9.17, 15) is 9.18 Å². The van der Waals surface area contributed by atoms with Gasteiger partial charge in [-0.25, -0.2) is 4.39 Å². The van der Waals surface area contributed by atoms with E-state index in [4.69, 9.17) is 10.5 Å². The number of halogens is 1. The molecule has 1 saturated heterocycles. The molecule has 110 valence electrons. The van der Waals surface area contributed by atoms with Crippen LogP contribution in [-0.2, 0) is 16.0 Å². The minimum absolute atomic E-state index is 0.00501. The SMILES string of the molecule is NCC1(C(=O)NCCc2ccc(F)cc2)CCOCC1. The van der Waals surface area contributed by atoms with Gasteiger partial charge in [-0.15, -0.1) is 0 Å². The Labute approximate surface area is 118 Å². The van der Waals surface area contributed by atoms with Crippen LogP contribution in [0.5, 0.6) is 0 Å². The van der Waals surface area contributed by atoms with Crippen molar-refractivity contribution in [3.05, 3.63) is 35.6 Å². The Morgan fingerprint density at radius 2 is 1.95 bits per heavy atom. The maximum Gasteiger partial charge on any atom is 0.227 e. The summed E-state index contributed by atoms with van der Waals surface area (Å²) >= 11 is 0. The van der Waals surface area contributed by atoms with E-state index in [1.165, 1.54) is 12.1 Å². The summed E-state index contributed by atoms with van der Waals surface area (Å²) in [5, 5.41) is 2.94. The van der Waals surface area contributed by atoms with Gasteiger partial charge in [0.1, 0.15) is 5.82 Å². The van der Waals surface area contributed by atoms with E-state index in [2.05, 4.69) is 5.32 Å². The molecule has 20 heavy (non-hydrogen) atoms. The van der Waals surface area contributed by atoms with E-state index in [1.54, 1.807) is 12.1 Å². The molecule has 1 heterocycles. The number of hydrogen-bond acceptors (Lipinski definition) is 3. The fourth-order valence-corrected chi connectivity index (χ4v) is 2.44. The van der Waals surface area contributed by atoms with Gasteiger partial charge >= 0.3 is 0 Å². The van der Waals surface area contributed by atoms with Crippen LogP contribution in [0.15, 0.2) is 24.3 Å². The second-order valence-electron chi connectivity index (χ2n) is 5.23. The largest absolute Gasteiger partial charge is 0.381 e. The number of ether oxygens (including phenoxy) is 1. The number of carbonyl (C=O) groups excluding carboxylic acids is 1. The average Bonchev–Trinajstić information content (AvgIpc) is 2.50. The van der Waals surface area contributed by atoms with Crippen LogP contribution < -0.4 is 11.1 Å². The highest BCUT2D eigenvalue weighted by Gasteiger charge is 2.38. The van der Waals surface area contributed by atoms with Crippen molar-refractivity contribution in [2.75, 3.05) is 26.3 Å². The van der Waals surface area contributed by atoms with Crippen molar-refractivity contribution in [1.29, 1.82) is 0 Å². The van der Waals surface area contributed by atoms with Gasteiger partial charge in [0.05, 0.1) is 5.41 Å². The van der Waals surface area contributed by atoms with Gasteiger partial charge in [-0.1, -0.05) is 12.1 Å². The molecule has 3 N–H and O–H groups in total. The molecule has 5 heteroatoms. The number of benzene rings is 1. The van der Waals surface area contributed by atoms with Crippen LogP contribution in [0.2, 0.25) is 0 Å². The molecule has 0 unspecified atom stereocenters. The quantitative estimate of drug-likeness (QED) is 0.853. The van der Waals surface area contributed by atoms with E-state index in [1.807, 2.05) is 0 Å². The number of hydrogen-bond donors (Lipinski definition) is 2. The lowest BCUT2D eigenvalue weighted by Gasteiger charge is -2.34. The van der Waals surface area contributed by atoms with Gasteiger partial charge in [-0.05, 0) is 37.0 Å². The van der Waals surface area contributed by atoms with Gasteiger partial charge in [0.25, 0.3) is 0 Å². The van der Waals surface area contributed by atoms with Crippen LogP contribution in [-0.4, -0.2) is 32.2 Å². The molecule has 0 atom stereocenters. The molecule has 0 aromatic heterocycles. The molecular weight excluding hydrogens is 259 g/mol. The van der Waals surface area contributed by atoms with Crippen LogP contribution >= 0.6 is 0 Å². The first-order valence-corrected chi connectivity index (χ1v) is 6.97. The van der Waals surface area contributed by atoms with Crippen molar-refractivity contribution in [3.63, 3.8) is 0 Å². The number of carbonyl (C=O) groups is 1. The Kier molecular flexibility index (Phi) is 5.09. The number of rotatable bonds is 5. The van der Waals surface area contributed by atoms with E-state index in [0.29, 0.717) is 45.6 Å². The van der Waals surface area contributed by atoms with E-state index < -0.39 is 5.41 Å². The van der Waals surface area contributed by atoms with E-state index >= 15 is 0 Å². The maximum atomic E-state index is 12.8. The van der Waals surface area contributed by atoms with Crippen molar-refractivity contribution in [2.45, 2.75) is 19.3 Å². The van der Waals surface area contributed by atoms with Gasteiger partial charge < -0.3 is 15.8 Å². The Bertz CT molecular complexity index is 442. The van der Waals surface area contributed by atoms with Crippen LogP contribution in [0.25, 0.3) is 0 Å². The summed E-state index contributed by atoms with van der Waals surface area (Å²) in [5.41, 5.74) is 6.30. The van der Waals surface area contributed by atoms with Crippen LogP contribution in [0.1, 0.15) is 18.4 Å². The predicted molar refractivity (Wildman–Crippen MR) is 74.7 cm³/mol. The molecule has 0 aliphatic carbocycles. The van der Waals surface area contributed by atoms with Crippen molar-refractivity contribution in [1.82, 2.24) is 5.32 Å². The number of nitrogens with one attached hydrogen (secondary N) is 1. The molecule has 0 spiro atoms. The minimum Gasteiger partial charge on any atom is -0.381 e. The highest BCUT2D eigenvalue weighted by atomic mass is 19.1. The molecule has 1 amide bonds. The Balaban J connectivity index is 1.83. The van der Waals surface area contributed by atoms with Crippen molar-refractivity contribution in [3.8, 4) is 0 Å². The molecule has 1 fully saturated rings. The smallest absolute Gasteiger partial charge is 0.227 e. The van der Waals surface area contributed by atoms with Crippen molar-refractivity contribution in [2.24, 2.45) is 11.1 Å². The van der Waals surface area contributed by atoms with Crippen molar-refractivity contribution < 1.29 is 13.9 Å². The lowest BCUT2D eigenvalue weighted by atomic mass is 9.79. The van der Waals surface area contributed by atoms with Gasteiger partial charge in [-0.2, -0.15) is 0 Å². The highest BCUT2D eigenvalue weighted by Crippen LogP contribution is 2.29. The predicted octanol–water partition coefficient (Wildman–Crippen LogP) is 1.24. The lowest BCUT2D eigenvalue weighted by Crippen LogP contribution is -2.49. The zero-order valence-electron chi connectivity index (χ0n) is 11.5. The van der Waals surface area contributed by atoms with Gasteiger partial charge in [-0.3, -0.25) is 4.79 Å². The van der Waals surface area contributed by atoms with Crippen molar-refractivity contribution >= 4 is 5.91 Å². The normalized spacial score (nSPS) is 17.7. The Hall–Kier alpha value is -1.46. The summed E-state index contributed by atoms with van der Waals surface area (Å²) in [6.45, 7) is 2.05. The molecule has 4 nitrogen and oxygen atoms in total. The third-order valence-corrected chi connectivity index (χ3v) is 3.93. The third-order valence-electron chi connectivity index (χ3n) is 3.93. The highest BCUT2D eigenvalue weighted by molar-refractivity contribution is 5.83. The van der Waals surface area contributed by atoms with Gasteiger partial charge in [0.2, 0.25) is 5.91 Å². The summed E-state index contributed by atoms with van der Waals surface area (Å²) in [7, 11) is 0. The molecule has 1 aliphatic heterocycles. The third kappa shape index (κ3) is 3.55. The molecule has 1 aromatic carbocycles. The summed E-state index contributed by atoms with van der Waals surface area (Å²) in [5.74, 6) is -0.243. The first-order chi connectivity index (χ1) is 9.66. The second-order valence-corrected chi connectivity index (χ2v) is 5.23. The summed E-state index contributed by atoms with van der Waals surface area (Å²) in [4.78, 5) is 12.3. The topological polar surface area (TPSA) is 64.4 Å². The summed E-state index contributed by atoms with van der Waals surface area (Å²) in [6, 6.07) is 6.32. The summed E-state index contributed by atoms with van der Waals surface area (Å²) in [6.07, 6.45) is 2.03. The van der Waals surface area contributed by atoms with Gasteiger partial charge in [0, 0.05) is 26.3 Å². The first kappa shape index (κ1) is 14.9. The molecule has 1 aromatic rings. The Morgan fingerprint density at radius 3 is 2.55 bits per heavy atom. The maximum absolute atomic E-state index is 12.8. The summed E-state index contributed by atoms with van der Waals surface area (Å²) < 4.78 is 18.1. The molecule has 0 bridgehead atoms. The fourth-order valence-electron chi connectivity index (χ4n) is 2.44. The monoisotopic (exact) mass is 280 g/mol. The van der Waals surface area contributed by atoms with Gasteiger partial charge in [0.15, 0.2) is 0 Å². The van der Waals surface area contributed by atoms with E-state index in [0.717, 1.165) is 5.56 Å². The molecule has 0 saturated carbocycles. The van der Waals surface area contributed by atoms with Crippen LogP contribution in [0.4, 0.5) is 4.39 Å². The zero-order valence-corrected chi connectivity index (χ0v) is 11.5. The lowest BCUT2D eigenvalue weighted by molar-refractivity contribution is -0.135. The molecule has 2 rings (SSSR count). The number of amides is 1. The van der Waals surface area contributed by atoms with Crippen LogP contribution in [0.3, 0.4) is 0 Å². The standard InChI is InChI=1S/C15H21FN2O2/c16-13-3-1-12(2-4-13)5-8-18-14(19)15(11-17)6-9-20-10-7-15/h1-4H,5-11,17H2,(H,18,19). The Morgan fingerprint density at radius 1 is 1.30 bits per heavy atom. The second kappa shape index (κ2) is 6.81. The average molecular weight is 280 g/mol. The molecule has 0 radical (unpaired) electrons.